The lowest BCUT2D eigenvalue weighted by Crippen LogP contribution is -2.14. The molecule has 0 unspecified atom stereocenters. The molecule has 104 valence electrons. The van der Waals surface area contributed by atoms with Gasteiger partial charge in [0, 0.05) is 0 Å². The lowest BCUT2D eigenvalue weighted by Gasteiger charge is -2.09. The topological polar surface area (TPSA) is 38.3 Å². The molecule has 0 saturated carbocycles. The number of amides is 1. The number of carbonyl (C=O) groups excluding carboxylic acids is 1. The van der Waals surface area contributed by atoms with E-state index >= 15 is 0 Å². The minimum Gasteiger partial charge on any atom is -0.497 e. The van der Waals surface area contributed by atoms with E-state index in [2.05, 4.69) is 21.2 Å². The molecule has 2 aromatic carbocycles. The van der Waals surface area contributed by atoms with E-state index in [1.807, 2.05) is 24.3 Å². The number of nitrogens with one attached hydrogen (secondary N) is 1. The first-order chi connectivity index (χ1) is 9.60. The molecule has 0 radical (unpaired) electrons. The van der Waals surface area contributed by atoms with Crippen LogP contribution in [0.25, 0.3) is 0 Å². The Morgan fingerprint density at radius 3 is 2.80 bits per heavy atom. The highest BCUT2D eigenvalue weighted by molar-refractivity contribution is 9.10. The summed E-state index contributed by atoms with van der Waals surface area (Å²) in [4.78, 5) is 12.0. The molecule has 0 aliphatic heterocycles. The Labute approximate surface area is 131 Å². The van der Waals surface area contributed by atoms with Gasteiger partial charge in [0.15, 0.2) is 0 Å². The second-order valence-electron chi connectivity index (χ2n) is 4.18. The highest BCUT2D eigenvalue weighted by Crippen LogP contribution is 2.30. The molecule has 0 fully saturated rings. The first-order valence-corrected chi connectivity index (χ1v) is 7.14. The molecule has 0 aliphatic rings. The summed E-state index contributed by atoms with van der Waals surface area (Å²) in [6.07, 6.45) is 0.274. The monoisotopic (exact) mass is 353 g/mol. The molecule has 0 atom stereocenters. The van der Waals surface area contributed by atoms with Crippen molar-refractivity contribution in [1.29, 1.82) is 0 Å². The number of ether oxygens (including phenoxy) is 1. The molecule has 0 saturated heterocycles. The minimum absolute atomic E-state index is 0.110. The van der Waals surface area contributed by atoms with E-state index < -0.39 is 0 Å². The first-order valence-electron chi connectivity index (χ1n) is 5.97. The van der Waals surface area contributed by atoms with Gasteiger partial charge < -0.3 is 10.1 Å². The van der Waals surface area contributed by atoms with Gasteiger partial charge in [-0.25, -0.2) is 0 Å². The van der Waals surface area contributed by atoms with E-state index in [-0.39, 0.29) is 12.3 Å². The molecule has 0 bridgehead atoms. The Balaban J connectivity index is 2.07. The molecule has 0 spiro atoms. The van der Waals surface area contributed by atoms with Gasteiger partial charge in [0.05, 0.1) is 28.7 Å². The van der Waals surface area contributed by atoms with Gasteiger partial charge in [-0.3, -0.25) is 4.79 Å². The van der Waals surface area contributed by atoms with Crippen molar-refractivity contribution >= 4 is 39.1 Å². The van der Waals surface area contributed by atoms with Crippen molar-refractivity contribution in [3.8, 4) is 5.75 Å². The van der Waals surface area contributed by atoms with Crippen molar-refractivity contribution in [3.63, 3.8) is 0 Å². The van der Waals surface area contributed by atoms with Gasteiger partial charge in [0.25, 0.3) is 0 Å². The summed E-state index contributed by atoms with van der Waals surface area (Å²) >= 11 is 9.33. The number of anilines is 1. The van der Waals surface area contributed by atoms with Crippen molar-refractivity contribution in [2.45, 2.75) is 6.42 Å². The summed E-state index contributed by atoms with van der Waals surface area (Å²) in [5.74, 6) is 0.625. The number of halogens is 2. The van der Waals surface area contributed by atoms with Crippen LogP contribution in [-0.4, -0.2) is 13.0 Å². The SMILES string of the molecule is COc1cccc(CC(=O)Nc2cccc(Cl)c2Br)c1. The second kappa shape index (κ2) is 6.77. The fraction of sp³-hybridized carbons (Fsp3) is 0.133. The highest BCUT2D eigenvalue weighted by atomic mass is 79.9. The van der Waals surface area contributed by atoms with Crippen molar-refractivity contribution in [2.75, 3.05) is 12.4 Å². The molecule has 3 nitrogen and oxygen atoms in total. The Kier molecular flexibility index (Phi) is 5.04. The normalized spacial score (nSPS) is 10.2. The predicted octanol–water partition coefficient (Wildman–Crippen LogP) is 4.29. The van der Waals surface area contributed by atoms with E-state index in [0.717, 1.165) is 11.3 Å². The minimum atomic E-state index is -0.110. The quantitative estimate of drug-likeness (QED) is 0.889. The fourth-order valence-corrected chi connectivity index (χ4v) is 2.30. The Bertz CT molecular complexity index is 631. The third kappa shape index (κ3) is 3.74. The number of rotatable bonds is 4. The predicted molar refractivity (Wildman–Crippen MR) is 84.5 cm³/mol. The third-order valence-electron chi connectivity index (χ3n) is 2.72. The summed E-state index contributed by atoms with van der Waals surface area (Å²) < 4.78 is 5.81. The number of methoxy groups -OCH3 is 1. The van der Waals surface area contributed by atoms with Crippen LogP contribution in [0.1, 0.15) is 5.56 Å². The van der Waals surface area contributed by atoms with E-state index in [9.17, 15) is 4.79 Å². The zero-order valence-electron chi connectivity index (χ0n) is 10.8. The van der Waals surface area contributed by atoms with Crippen LogP contribution in [0.15, 0.2) is 46.9 Å². The summed E-state index contributed by atoms with van der Waals surface area (Å²) in [6, 6.07) is 12.8. The van der Waals surface area contributed by atoms with Crippen LogP contribution >= 0.6 is 27.5 Å². The maximum Gasteiger partial charge on any atom is 0.228 e. The molecule has 5 heteroatoms. The molecule has 0 aromatic heterocycles. The molecule has 0 heterocycles. The number of hydrogen-bond acceptors (Lipinski definition) is 2. The Hall–Kier alpha value is -1.52. The zero-order chi connectivity index (χ0) is 14.5. The maximum atomic E-state index is 12.0. The Morgan fingerprint density at radius 2 is 2.05 bits per heavy atom. The van der Waals surface area contributed by atoms with Crippen LogP contribution in [0, 0.1) is 0 Å². The molecule has 1 N–H and O–H groups in total. The fourth-order valence-electron chi connectivity index (χ4n) is 1.76. The number of benzene rings is 2. The largest absolute Gasteiger partial charge is 0.497 e. The van der Waals surface area contributed by atoms with Crippen molar-refractivity contribution in [3.05, 3.63) is 57.5 Å². The van der Waals surface area contributed by atoms with Gasteiger partial charge in [0.1, 0.15) is 5.75 Å². The average Bonchev–Trinajstić information content (AvgIpc) is 2.44. The number of carbonyl (C=O) groups is 1. The van der Waals surface area contributed by atoms with Crippen LogP contribution in [0.4, 0.5) is 5.69 Å². The Morgan fingerprint density at radius 1 is 1.30 bits per heavy atom. The van der Waals surface area contributed by atoms with Gasteiger partial charge in [0.2, 0.25) is 5.91 Å². The average molecular weight is 355 g/mol. The summed E-state index contributed by atoms with van der Waals surface area (Å²) in [5.41, 5.74) is 1.55. The van der Waals surface area contributed by atoms with Crippen LogP contribution in [0.5, 0.6) is 5.75 Å². The molecule has 20 heavy (non-hydrogen) atoms. The van der Waals surface area contributed by atoms with Crippen LogP contribution in [-0.2, 0) is 11.2 Å². The molecular formula is C15H13BrClNO2. The smallest absolute Gasteiger partial charge is 0.228 e. The summed E-state index contributed by atoms with van der Waals surface area (Å²) in [5, 5.41) is 3.39. The van der Waals surface area contributed by atoms with Crippen molar-refractivity contribution < 1.29 is 9.53 Å². The van der Waals surface area contributed by atoms with Crippen molar-refractivity contribution in [2.24, 2.45) is 0 Å². The second-order valence-corrected chi connectivity index (χ2v) is 5.38. The van der Waals surface area contributed by atoms with E-state index in [1.165, 1.54) is 0 Å². The van der Waals surface area contributed by atoms with Crippen LogP contribution in [0.3, 0.4) is 0 Å². The molecule has 2 rings (SSSR count). The van der Waals surface area contributed by atoms with E-state index in [1.54, 1.807) is 25.3 Å². The van der Waals surface area contributed by atoms with Gasteiger partial charge in [-0.15, -0.1) is 0 Å². The van der Waals surface area contributed by atoms with Gasteiger partial charge in [-0.1, -0.05) is 29.8 Å². The lowest BCUT2D eigenvalue weighted by atomic mass is 10.1. The van der Waals surface area contributed by atoms with Crippen LogP contribution in [0.2, 0.25) is 5.02 Å². The summed E-state index contributed by atoms with van der Waals surface area (Å²) in [7, 11) is 1.60. The maximum absolute atomic E-state index is 12.0. The molecule has 2 aromatic rings. The zero-order valence-corrected chi connectivity index (χ0v) is 13.2. The van der Waals surface area contributed by atoms with Gasteiger partial charge in [-0.05, 0) is 45.8 Å². The van der Waals surface area contributed by atoms with E-state index in [4.69, 9.17) is 16.3 Å². The first kappa shape index (κ1) is 14.9. The standard InChI is InChI=1S/C15H13BrClNO2/c1-20-11-5-2-4-10(8-11)9-14(19)18-13-7-3-6-12(17)15(13)16/h2-8H,9H2,1H3,(H,18,19). The molecule has 0 aliphatic carbocycles. The summed E-state index contributed by atoms with van der Waals surface area (Å²) in [6.45, 7) is 0. The van der Waals surface area contributed by atoms with Crippen molar-refractivity contribution in [1.82, 2.24) is 0 Å². The van der Waals surface area contributed by atoms with Gasteiger partial charge >= 0.3 is 0 Å². The lowest BCUT2D eigenvalue weighted by molar-refractivity contribution is -0.115. The highest BCUT2D eigenvalue weighted by Gasteiger charge is 2.09. The number of hydrogen-bond donors (Lipinski definition) is 1. The van der Waals surface area contributed by atoms with Crippen LogP contribution < -0.4 is 10.1 Å². The molecular weight excluding hydrogens is 342 g/mol. The van der Waals surface area contributed by atoms with Gasteiger partial charge in [-0.2, -0.15) is 0 Å². The van der Waals surface area contributed by atoms with E-state index in [0.29, 0.717) is 15.2 Å². The third-order valence-corrected chi connectivity index (χ3v) is 4.12. The molecule has 1 amide bonds.